The second-order valence-corrected chi connectivity index (χ2v) is 3.61. The van der Waals surface area contributed by atoms with Crippen LogP contribution in [0.2, 0.25) is 0 Å². The number of nitrogens with two attached hydrogens (primary N) is 1. The summed E-state index contributed by atoms with van der Waals surface area (Å²) < 4.78 is 4.90. The molecule has 0 amide bonds. The molecule has 0 aromatic heterocycles. The number of carbonyl (C=O) groups is 2. The molecule has 5 heteroatoms. The van der Waals surface area contributed by atoms with Crippen molar-refractivity contribution in [3.8, 4) is 0 Å². The number of carbonyl (C=O) groups excluding carboxylic acids is 1. The quantitative estimate of drug-likeness (QED) is 0.600. The molecule has 0 spiro atoms. The first-order valence-electron chi connectivity index (χ1n) is 5.34. The Hall–Kier alpha value is -2.04. The lowest BCUT2D eigenvalue weighted by atomic mass is 10.1. The van der Waals surface area contributed by atoms with Crippen LogP contribution in [0.25, 0.3) is 0 Å². The highest BCUT2D eigenvalue weighted by Crippen LogP contribution is 2.14. The summed E-state index contributed by atoms with van der Waals surface area (Å²) in [6.45, 7) is 1.82. The first-order valence-corrected chi connectivity index (χ1v) is 5.34. The Morgan fingerprint density at radius 1 is 1.41 bits per heavy atom. The molecule has 0 fully saturated rings. The van der Waals surface area contributed by atoms with Crippen molar-refractivity contribution in [2.45, 2.75) is 25.9 Å². The van der Waals surface area contributed by atoms with Crippen LogP contribution in [0.4, 0.5) is 5.69 Å². The molecular weight excluding hydrogens is 222 g/mol. The van der Waals surface area contributed by atoms with E-state index in [0.717, 1.165) is 0 Å². The summed E-state index contributed by atoms with van der Waals surface area (Å²) in [5.41, 5.74) is 6.06. The Balaban J connectivity index is 2.77. The highest BCUT2D eigenvalue weighted by Gasteiger charge is 2.22. The van der Waals surface area contributed by atoms with Gasteiger partial charge in [0.05, 0.1) is 5.56 Å². The highest BCUT2D eigenvalue weighted by atomic mass is 16.6. The molecule has 1 atom stereocenters. The van der Waals surface area contributed by atoms with Crippen molar-refractivity contribution >= 4 is 17.6 Å². The zero-order chi connectivity index (χ0) is 12.8. The van der Waals surface area contributed by atoms with Crippen molar-refractivity contribution in [1.29, 1.82) is 0 Å². The Morgan fingerprint density at radius 2 is 2.06 bits per heavy atom. The molecule has 0 bridgehead atoms. The molecule has 5 nitrogen and oxygen atoms in total. The van der Waals surface area contributed by atoms with E-state index in [1.54, 1.807) is 18.2 Å². The van der Waals surface area contributed by atoms with Gasteiger partial charge >= 0.3 is 11.9 Å². The van der Waals surface area contributed by atoms with Crippen molar-refractivity contribution in [3.63, 3.8) is 0 Å². The third-order valence-electron chi connectivity index (χ3n) is 2.26. The van der Waals surface area contributed by atoms with Gasteiger partial charge in [0.25, 0.3) is 0 Å². The third-order valence-corrected chi connectivity index (χ3v) is 2.26. The monoisotopic (exact) mass is 237 g/mol. The number of benzene rings is 1. The minimum absolute atomic E-state index is 0.190. The van der Waals surface area contributed by atoms with Gasteiger partial charge in [0.1, 0.15) is 0 Å². The molecule has 0 heterocycles. The minimum atomic E-state index is -1.14. The van der Waals surface area contributed by atoms with Crippen molar-refractivity contribution in [2.75, 3.05) is 5.73 Å². The number of nitrogen functional groups attached to an aromatic ring is 1. The predicted octanol–water partition coefficient (Wildman–Crippen LogP) is 1.68. The largest absolute Gasteiger partial charge is 0.479 e. The normalized spacial score (nSPS) is 11.8. The van der Waals surface area contributed by atoms with Gasteiger partial charge in [-0.05, 0) is 18.6 Å². The number of aliphatic carboxylic acids is 1. The second-order valence-electron chi connectivity index (χ2n) is 3.61. The van der Waals surface area contributed by atoms with Crippen LogP contribution in [0.1, 0.15) is 30.1 Å². The van der Waals surface area contributed by atoms with Crippen LogP contribution < -0.4 is 5.73 Å². The molecule has 0 aliphatic heterocycles. The summed E-state index contributed by atoms with van der Waals surface area (Å²) in [5.74, 6) is -1.85. The number of carboxylic acids is 1. The molecule has 0 aliphatic rings. The van der Waals surface area contributed by atoms with Crippen molar-refractivity contribution < 1.29 is 19.4 Å². The third kappa shape index (κ3) is 3.48. The number of anilines is 1. The van der Waals surface area contributed by atoms with E-state index in [-0.39, 0.29) is 17.7 Å². The number of carboxylic acid groups (broad SMARTS) is 1. The standard InChI is InChI=1S/C12H15NO4/c1-2-5-10(11(14)15)17-12(16)8-6-3-4-7-9(8)13/h3-4,6-7,10H,2,5,13H2,1H3,(H,14,15). The van der Waals surface area contributed by atoms with Crippen LogP contribution in [0.5, 0.6) is 0 Å². The van der Waals surface area contributed by atoms with E-state index in [4.69, 9.17) is 15.6 Å². The fourth-order valence-electron chi connectivity index (χ4n) is 1.37. The molecule has 0 aliphatic carbocycles. The summed E-state index contributed by atoms with van der Waals surface area (Å²) in [6, 6.07) is 6.39. The average Bonchev–Trinajstić information content (AvgIpc) is 2.28. The van der Waals surface area contributed by atoms with Gasteiger partial charge in [-0.2, -0.15) is 0 Å². The Kier molecular flexibility index (Phi) is 4.51. The summed E-state index contributed by atoms with van der Waals surface area (Å²) in [4.78, 5) is 22.5. The second kappa shape index (κ2) is 5.89. The number of rotatable bonds is 5. The molecule has 0 saturated heterocycles. The van der Waals surface area contributed by atoms with Crippen LogP contribution in [-0.2, 0) is 9.53 Å². The van der Waals surface area contributed by atoms with E-state index in [0.29, 0.717) is 6.42 Å². The van der Waals surface area contributed by atoms with E-state index in [1.165, 1.54) is 6.07 Å². The van der Waals surface area contributed by atoms with Gasteiger partial charge in [0, 0.05) is 5.69 Å². The first kappa shape index (κ1) is 13.0. The fraction of sp³-hybridized carbons (Fsp3) is 0.333. The molecule has 92 valence electrons. The van der Waals surface area contributed by atoms with Gasteiger partial charge in [0.2, 0.25) is 0 Å². The molecule has 1 aromatic rings. The summed E-state index contributed by atoms with van der Waals surface area (Å²) >= 11 is 0. The Labute approximate surface area is 99.2 Å². The maximum atomic E-state index is 11.7. The lowest BCUT2D eigenvalue weighted by molar-refractivity contribution is -0.147. The van der Waals surface area contributed by atoms with Crippen molar-refractivity contribution in [3.05, 3.63) is 29.8 Å². The van der Waals surface area contributed by atoms with Crippen LogP contribution in [0.15, 0.2) is 24.3 Å². The Bertz CT molecular complexity index is 417. The van der Waals surface area contributed by atoms with E-state index in [9.17, 15) is 9.59 Å². The molecule has 1 unspecified atom stereocenters. The summed E-state index contributed by atoms with van der Waals surface area (Å²) in [7, 11) is 0. The molecule has 1 rings (SSSR count). The molecule has 1 aromatic carbocycles. The highest BCUT2D eigenvalue weighted by molar-refractivity contribution is 5.96. The fourth-order valence-corrected chi connectivity index (χ4v) is 1.37. The maximum absolute atomic E-state index is 11.7. The van der Waals surface area contributed by atoms with E-state index in [1.807, 2.05) is 6.92 Å². The van der Waals surface area contributed by atoms with Gasteiger partial charge in [-0.3, -0.25) is 0 Å². The summed E-state index contributed by atoms with van der Waals surface area (Å²) in [6.07, 6.45) is -0.213. The van der Waals surface area contributed by atoms with Gasteiger partial charge in [-0.1, -0.05) is 25.5 Å². The van der Waals surface area contributed by atoms with Crippen LogP contribution in [0.3, 0.4) is 0 Å². The zero-order valence-electron chi connectivity index (χ0n) is 9.55. The van der Waals surface area contributed by atoms with Gasteiger partial charge in [-0.25, -0.2) is 9.59 Å². The van der Waals surface area contributed by atoms with Crippen molar-refractivity contribution in [1.82, 2.24) is 0 Å². The average molecular weight is 237 g/mol. The number of hydrogen-bond donors (Lipinski definition) is 2. The van der Waals surface area contributed by atoms with E-state index in [2.05, 4.69) is 0 Å². The lowest BCUT2D eigenvalue weighted by Crippen LogP contribution is -2.27. The van der Waals surface area contributed by atoms with Crippen molar-refractivity contribution in [2.24, 2.45) is 0 Å². The topological polar surface area (TPSA) is 89.6 Å². The molecule has 17 heavy (non-hydrogen) atoms. The van der Waals surface area contributed by atoms with Crippen LogP contribution in [0, 0.1) is 0 Å². The molecular formula is C12H15NO4. The molecule has 0 radical (unpaired) electrons. The number of ether oxygens (including phenoxy) is 1. The maximum Gasteiger partial charge on any atom is 0.345 e. The van der Waals surface area contributed by atoms with E-state index < -0.39 is 18.0 Å². The van der Waals surface area contributed by atoms with Crippen LogP contribution in [-0.4, -0.2) is 23.1 Å². The number of hydrogen-bond acceptors (Lipinski definition) is 4. The molecule has 3 N–H and O–H groups in total. The smallest absolute Gasteiger partial charge is 0.345 e. The number of para-hydroxylation sites is 1. The Morgan fingerprint density at radius 3 is 2.59 bits per heavy atom. The minimum Gasteiger partial charge on any atom is -0.479 e. The first-order chi connectivity index (χ1) is 8.06. The predicted molar refractivity (Wildman–Crippen MR) is 62.6 cm³/mol. The van der Waals surface area contributed by atoms with Gasteiger partial charge < -0.3 is 15.6 Å². The van der Waals surface area contributed by atoms with Gasteiger partial charge in [-0.15, -0.1) is 0 Å². The lowest BCUT2D eigenvalue weighted by Gasteiger charge is -2.13. The van der Waals surface area contributed by atoms with Crippen LogP contribution >= 0.6 is 0 Å². The molecule has 0 saturated carbocycles. The SMILES string of the molecule is CCCC(OC(=O)c1ccccc1N)C(=O)O. The number of esters is 1. The van der Waals surface area contributed by atoms with E-state index >= 15 is 0 Å². The van der Waals surface area contributed by atoms with Gasteiger partial charge in [0.15, 0.2) is 6.10 Å². The zero-order valence-corrected chi connectivity index (χ0v) is 9.55. The summed E-state index contributed by atoms with van der Waals surface area (Å²) in [5, 5.41) is 8.86.